The quantitative estimate of drug-likeness (QED) is 0.631. The zero-order valence-electron chi connectivity index (χ0n) is 10.8. The van der Waals surface area contributed by atoms with Gasteiger partial charge in [-0.3, -0.25) is 0 Å². The van der Waals surface area contributed by atoms with Crippen molar-refractivity contribution in [3.05, 3.63) is 60.7 Å². The van der Waals surface area contributed by atoms with Crippen molar-refractivity contribution in [2.75, 3.05) is 0 Å². The summed E-state index contributed by atoms with van der Waals surface area (Å²) >= 11 is 0. The number of hydrogen-bond acceptors (Lipinski definition) is 4. The summed E-state index contributed by atoms with van der Waals surface area (Å²) in [4.78, 5) is 0. The molecule has 0 atom stereocenters. The molecule has 0 fully saturated rings. The summed E-state index contributed by atoms with van der Waals surface area (Å²) in [5.74, 6) is -0.439. The van der Waals surface area contributed by atoms with Crippen molar-refractivity contribution in [3.8, 4) is 23.0 Å². The summed E-state index contributed by atoms with van der Waals surface area (Å²) in [7, 11) is 0. The molecule has 0 aromatic heterocycles. The van der Waals surface area contributed by atoms with Crippen LogP contribution in [-0.2, 0) is 0 Å². The molecule has 2 aromatic rings. The van der Waals surface area contributed by atoms with Crippen molar-refractivity contribution < 1.29 is 20.4 Å². The highest BCUT2D eigenvalue weighted by atomic mass is 16.3. The topological polar surface area (TPSA) is 80.9 Å². The second-order valence-electron chi connectivity index (χ2n) is 3.90. The standard InChI is InChI=1S/2C8H8O2/c2*1-2-6-3-4-7(9)8(10)5-6/h2*2-5,9-10H,1H2. The minimum absolute atomic E-state index is 0.106. The normalized spacial score (nSPS) is 9.20. The third-order valence-electron chi connectivity index (χ3n) is 2.47. The van der Waals surface area contributed by atoms with Gasteiger partial charge in [-0.05, 0) is 35.4 Å². The molecule has 0 aliphatic carbocycles. The third kappa shape index (κ3) is 4.10. The molecule has 0 saturated heterocycles. The summed E-state index contributed by atoms with van der Waals surface area (Å²) in [6, 6.07) is 9.08. The predicted octanol–water partition coefficient (Wildman–Crippen LogP) is 3.48. The lowest BCUT2D eigenvalue weighted by Crippen LogP contribution is -1.71. The molecule has 4 nitrogen and oxygen atoms in total. The van der Waals surface area contributed by atoms with E-state index >= 15 is 0 Å². The van der Waals surface area contributed by atoms with Crippen molar-refractivity contribution in [2.24, 2.45) is 0 Å². The van der Waals surface area contributed by atoms with E-state index in [0.29, 0.717) is 0 Å². The molecule has 0 bridgehead atoms. The van der Waals surface area contributed by atoms with Gasteiger partial charge < -0.3 is 20.4 Å². The molecule has 20 heavy (non-hydrogen) atoms. The zero-order valence-corrected chi connectivity index (χ0v) is 10.8. The molecule has 0 saturated carbocycles. The van der Waals surface area contributed by atoms with Gasteiger partial charge in [-0.2, -0.15) is 0 Å². The Morgan fingerprint density at radius 2 is 0.950 bits per heavy atom. The first-order valence-electron chi connectivity index (χ1n) is 5.76. The van der Waals surface area contributed by atoms with Crippen LogP contribution in [0, 0.1) is 0 Å². The monoisotopic (exact) mass is 272 g/mol. The van der Waals surface area contributed by atoms with E-state index in [1.807, 2.05) is 0 Å². The molecule has 0 radical (unpaired) electrons. The number of phenolic OH excluding ortho intramolecular Hbond substituents is 4. The van der Waals surface area contributed by atoms with Gasteiger partial charge in [0.2, 0.25) is 0 Å². The molecule has 4 heteroatoms. The van der Waals surface area contributed by atoms with Gasteiger partial charge in [-0.15, -0.1) is 0 Å². The highest BCUT2D eigenvalue weighted by Crippen LogP contribution is 2.25. The summed E-state index contributed by atoms with van der Waals surface area (Å²) in [5.41, 5.74) is 1.57. The Labute approximate surface area is 117 Å². The summed E-state index contributed by atoms with van der Waals surface area (Å²) < 4.78 is 0. The van der Waals surface area contributed by atoms with Crippen LogP contribution >= 0.6 is 0 Å². The molecule has 2 aromatic carbocycles. The molecule has 0 amide bonds. The van der Waals surface area contributed by atoms with Crippen molar-refractivity contribution in [2.45, 2.75) is 0 Å². The highest BCUT2D eigenvalue weighted by molar-refractivity contribution is 5.54. The van der Waals surface area contributed by atoms with Gasteiger partial charge in [0.25, 0.3) is 0 Å². The van der Waals surface area contributed by atoms with Crippen LogP contribution in [0.1, 0.15) is 11.1 Å². The van der Waals surface area contributed by atoms with Gasteiger partial charge in [0, 0.05) is 0 Å². The SMILES string of the molecule is C=Cc1ccc(O)c(O)c1.C=Cc1ccc(O)c(O)c1. The van der Waals surface area contributed by atoms with E-state index in [-0.39, 0.29) is 23.0 Å². The van der Waals surface area contributed by atoms with Crippen LogP contribution in [0.4, 0.5) is 0 Å². The first kappa shape index (κ1) is 15.2. The third-order valence-corrected chi connectivity index (χ3v) is 2.47. The van der Waals surface area contributed by atoms with Crippen LogP contribution in [0.5, 0.6) is 23.0 Å². The van der Waals surface area contributed by atoms with E-state index in [1.54, 1.807) is 24.3 Å². The number of hydrogen-bond donors (Lipinski definition) is 4. The van der Waals surface area contributed by atoms with E-state index in [4.69, 9.17) is 20.4 Å². The highest BCUT2D eigenvalue weighted by Gasteiger charge is 1.96. The summed E-state index contributed by atoms with van der Waals surface area (Å²) in [5, 5.41) is 35.6. The van der Waals surface area contributed by atoms with Crippen LogP contribution < -0.4 is 0 Å². The maximum atomic E-state index is 8.93. The van der Waals surface area contributed by atoms with Gasteiger partial charge in [-0.1, -0.05) is 37.4 Å². The number of rotatable bonds is 2. The van der Waals surface area contributed by atoms with Gasteiger partial charge in [0.15, 0.2) is 23.0 Å². The lowest BCUT2D eigenvalue weighted by atomic mass is 10.2. The fourth-order valence-electron chi connectivity index (χ4n) is 1.33. The fourth-order valence-corrected chi connectivity index (χ4v) is 1.33. The Morgan fingerprint density at radius 1 is 0.600 bits per heavy atom. The van der Waals surface area contributed by atoms with Crippen LogP contribution in [0.15, 0.2) is 49.6 Å². The Balaban J connectivity index is 0.000000200. The van der Waals surface area contributed by atoms with Crippen molar-refractivity contribution in [1.29, 1.82) is 0 Å². The fraction of sp³-hybridized carbons (Fsp3) is 0. The Hall–Kier alpha value is -2.88. The molecule has 104 valence electrons. The predicted molar refractivity (Wildman–Crippen MR) is 79.7 cm³/mol. The Bertz CT molecular complexity index is 562. The molecule has 0 spiro atoms. The molecule has 0 heterocycles. The van der Waals surface area contributed by atoms with Gasteiger partial charge in [0.05, 0.1) is 0 Å². The average molecular weight is 272 g/mol. The number of benzene rings is 2. The lowest BCUT2D eigenvalue weighted by molar-refractivity contribution is 0.403. The second-order valence-corrected chi connectivity index (χ2v) is 3.90. The van der Waals surface area contributed by atoms with E-state index in [1.165, 1.54) is 24.3 Å². The maximum absolute atomic E-state index is 8.93. The molecule has 2 rings (SSSR count). The molecule has 0 aliphatic heterocycles. The molecule has 0 unspecified atom stereocenters. The van der Waals surface area contributed by atoms with Crippen LogP contribution in [0.25, 0.3) is 12.2 Å². The van der Waals surface area contributed by atoms with E-state index < -0.39 is 0 Å². The van der Waals surface area contributed by atoms with E-state index in [9.17, 15) is 0 Å². The van der Waals surface area contributed by atoms with Crippen LogP contribution in [0.3, 0.4) is 0 Å². The Morgan fingerprint density at radius 3 is 1.20 bits per heavy atom. The first-order valence-corrected chi connectivity index (χ1v) is 5.76. The molecular weight excluding hydrogens is 256 g/mol. The van der Waals surface area contributed by atoms with Gasteiger partial charge in [0.1, 0.15) is 0 Å². The molecule has 0 aliphatic rings. The summed E-state index contributed by atoms with van der Waals surface area (Å²) in [6.45, 7) is 7.02. The number of aromatic hydroxyl groups is 4. The minimum atomic E-state index is -0.114. The van der Waals surface area contributed by atoms with Crippen molar-refractivity contribution in [3.63, 3.8) is 0 Å². The van der Waals surface area contributed by atoms with Crippen LogP contribution in [-0.4, -0.2) is 20.4 Å². The van der Waals surface area contributed by atoms with Crippen molar-refractivity contribution in [1.82, 2.24) is 0 Å². The summed E-state index contributed by atoms with van der Waals surface area (Å²) in [6.07, 6.45) is 3.19. The lowest BCUT2D eigenvalue weighted by Gasteiger charge is -1.96. The van der Waals surface area contributed by atoms with Crippen LogP contribution in [0.2, 0.25) is 0 Å². The maximum Gasteiger partial charge on any atom is 0.157 e. The largest absolute Gasteiger partial charge is 0.504 e. The van der Waals surface area contributed by atoms with Gasteiger partial charge >= 0.3 is 0 Å². The van der Waals surface area contributed by atoms with Gasteiger partial charge in [-0.25, -0.2) is 0 Å². The van der Waals surface area contributed by atoms with E-state index in [2.05, 4.69) is 13.2 Å². The first-order chi connectivity index (χ1) is 9.47. The van der Waals surface area contributed by atoms with Crippen molar-refractivity contribution >= 4 is 12.2 Å². The Kier molecular flexibility index (Phi) is 5.23. The van der Waals surface area contributed by atoms with E-state index in [0.717, 1.165) is 11.1 Å². The average Bonchev–Trinajstić information content (AvgIpc) is 2.45. The molecular formula is C16H16O4. The zero-order chi connectivity index (χ0) is 15.1. The smallest absolute Gasteiger partial charge is 0.157 e. The minimum Gasteiger partial charge on any atom is -0.504 e. The number of phenols is 4. The molecule has 4 N–H and O–H groups in total. The second kappa shape index (κ2) is 6.89.